The third-order valence-corrected chi connectivity index (χ3v) is 5.73. The van der Waals surface area contributed by atoms with Crippen molar-refractivity contribution in [1.29, 1.82) is 0 Å². The van der Waals surface area contributed by atoms with Gasteiger partial charge in [0.1, 0.15) is 0 Å². The number of aliphatic hydroxyl groups is 1. The van der Waals surface area contributed by atoms with Gasteiger partial charge in [0.2, 0.25) is 5.91 Å². The topological polar surface area (TPSA) is 40.5 Å². The largest absolute Gasteiger partial charge is 0.393 e. The Morgan fingerprint density at radius 2 is 2.10 bits per heavy atom. The zero-order valence-corrected chi connectivity index (χ0v) is 12.5. The lowest BCUT2D eigenvalue weighted by Crippen LogP contribution is -2.40. The molecule has 0 bridgehead atoms. The number of amides is 1. The van der Waals surface area contributed by atoms with Crippen LogP contribution in [0.4, 0.5) is 0 Å². The summed E-state index contributed by atoms with van der Waals surface area (Å²) in [5, 5.41) is 9.37. The van der Waals surface area contributed by atoms with Crippen molar-refractivity contribution in [3.05, 3.63) is 35.4 Å². The van der Waals surface area contributed by atoms with E-state index >= 15 is 0 Å². The molecule has 0 aliphatic heterocycles. The van der Waals surface area contributed by atoms with Crippen LogP contribution in [0, 0.1) is 17.8 Å². The van der Waals surface area contributed by atoms with Gasteiger partial charge >= 0.3 is 0 Å². The maximum Gasteiger partial charge on any atom is 0.226 e. The van der Waals surface area contributed by atoms with Crippen LogP contribution in [0.25, 0.3) is 0 Å². The van der Waals surface area contributed by atoms with Crippen molar-refractivity contribution in [2.75, 3.05) is 13.6 Å². The van der Waals surface area contributed by atoms with E-state index in [1.54, 1.807) is 0 Å². The van der Waals surface area contributed by atoms with Gasteiger partial charge in [0.05, 0.1) is 6.10 Å². The SMILES string of the molecule is CN(CC1CC(O)C1)C(=O)C1C2CCc3ccccc3C21. The second-order valence-electron chi connectivity index (χ2n) is 7.16. The molecule has 3 heteroatoms. The Balaban J connectivity index is 1.43. The molecular formula is C18H23NO2. The van der Waals surface area contributed by atoms with Crippen LogP contribution >= 0.6 is 0 Å². The van der Waals surface area contributed by atoms with Gasteiger partial charge in [-0.2, -0.15) is 0 Å². The van der Waals surface area contributed by atoms with Gasteiger partial charge < -0.3 is 10.0 Å². The summed E-state index contributed by atoms with van der Waals surface area (Å²) in [6.45, 7) is 0.813. The molecule has 0 radical (unpaired) electrons. The van der Waals surface area contributed by atoms with Crippen LogP contribution in [0.3, 0.4) is 0 Å². The van der Waals surface area contributed by atoms with Crippen molar-refractivity contribution < 1.29 is 9.90 Å². The third-order valence-electron chi connectivity index (χ3n) is 5.73. The summed E-state index contributed by atoms with van der Waals surface area (Å²) in [6.07, 6.45) is 3.87. The van der Waals surface area contributed by atoms with Gasteiger partial charge in [0, 0.05) is 19.5 Å². The molecular weight excluding hydrogens is 262 g/mol. The molecule has 2 saturated carbocycles. The highest BCUT2D eigenvalue weighted by atomic mass is 16.3. The number of hydrogen-bond donors (Lipinski definition) is 1. The molecule has 0 aromatic heterocycles. The van der Waals surface area contributed by atoms with E-state index in [4.69, 9.17) is 0 Å². The molecule has 3 unspecified atom stereocenters. The number of benzene rings is 1. The van der Waals surface area contributed by atoms with Crippen LogP contribution < -0.4 is 0 Å². The predicted octanol–water partition coefficient (Wildman–Crippen LogP) is 2.19. The fourth-order valence-corrected chi connectivity index (χ4v) is 4.48. The smallest absolute Gasteiger partial charge is 0.226 e. The van der Waals surface area contributed by atoms with Gasteiger partial charge in [-0.05, 0) is 54.6 Å². The predicted molar refractivity (Wildman–Crippen MR) is 80.9 cm³/mol. The highest BCUT2D eigenvalue weighted by molar-refractivity contribution is 5.84. The van der Waals surface area contributed by atoms with E-state index < -0.39 is 0 Å². The van der Waals surface area contributed by atoms with Crippen molar-refractivity contribution >= 4 is 5.91 Å². The van der Waals surface area contributed by atoms with Gasteiger partial charge in [-0.15, -0.1) is 0 Å². The van der Waals surface area contributed by atoms with Crippen LogP contribution in [-0.2, 0) is 11.2 Å². The van der Waals surface area contributed by atoms with E-state index in [1.807, 2.05) is 11.9 Å². The third kappa shape index (κ3) is 2.18. The Hall–Kier alpha value is -1.35. The molecule has 1 aromatic rings. The van der Waals surface area contributed by atoms with Crippen LogP contribution in [0.2, 0.25) is 0 Å². The number of fused-ring (bicyclic) bond motifs is 3. The summed E-state index contributed by atoms with van der Waals surface area (Å²) in [4.78, 5) is 14.6. The second-order valence-corrected chi connectivity index (χ2v) is 7.16. The van der Waals surface area contributed by atoms with Crippen LogP contribution in [-0.4, -0.2) is 35.6 Å². The van der Waals surface area contributed by atoms with Crippen molar-refractivity contribution in [3.63, 3.8) is 0 Å². The molecule has 0 heterocycles. The van der Waals surface area contributed by atoms with Crippen molar-refractivity contribution in [3.8, 4) is 0 Å². The molecule has 3 aliphatic carbocycles. The number of hydrogen-bond acceptors (Lipinski definition) is 2. The van der Waals surface area contributed by atoms with Gasteiger partial charge in [-0.1, -0.05) is 24.3 Å². The Morgan fingerprint density at radius 3 is 2.86 bits per heavy atom. The quantitative estimate of drug-likeness (QED) is 0.925. The molecule has 3 aliphatic rings. The molecule has 1 amide bonds. The summed E-state index contributed by atoms with van der Waals surface area (Å²) in [7, 11) is 1.93. The van der Waals surface area contributed by atoms with E-state index in [1.165, 1.54) is 11.1 Å². The average molecular weight is 285 g/mol. The highest BCUT2D eigenvalue weighted by Crippen LogP contribution is 2.60. The maximum atomic E-state index is 12.7. The summed E-state index contributed by atoms with van der Waals surface area (Å²) < 4.78 is 0. The van der Waals surface area contributed by atoms with Crippen LogP contribution in [0.15, 0.2) is 24.3 Å². The van der Waals surface area contributed by atoms with E-state index in [-0.39, 0.29) is 12.0 Å². The number of nitrogens with zero attached hydrogens (tertiary/aromatic N) is 1. The van der Waals surface area contributed by atoms with E-state index in [9.17, 15) is 9.90 Å². The maximum absolute atomic E-state index is 12.7. The average Bonchev–Trinajstić information content (AvgIpc) is 3.19. The van der Waals surface area contributed by atoms with Crippen LogP contribution in [0.5, 0.6) is 0 Å². The van der Waals surface area contributed by atoms with E-state index in [0.717, 1.165) is 32.2 Å². The number of carbonyl (C=O) groups is 1. The van der Waals surface area contributed by atoms with Crippen LogP contribution in [0.1, 0.15) is 36.3 Å². The first-order valence-corrected chi connectivity index (χ1v) is 8.16. The van der Waals surface area contributed by atoms with E-state index in [0.29, 0.717) is 23.7 Å². The fourth-order valence-electron chi connectivity index (χ4n) is 4.48. The minimum absolute atomic E-state index is 0.131. The molecule has 3 nitrogen and oxygen atoms in total. The first-order chi connectivity index (χ1) is 10.1. The Kier molecular flexibility index (Phi) is 3.07. The lowest BCUT2D eigenvalue weighted by Gasteiger charge is -2.34. The minimum Gasteiger partial charge on any atom is -0.393 e. The van der Waals surface area contributed by atoms with Gasteiger partial charge in [-0.3, -0.25) is 4.79 Å². The molecule has 0 saturated heterocycles. The number of aliphatic hydroxyl groups excluding tert-OH is 1. The van der Waals surface area contributed by atoms with Crippen molar-refractivity contribution in [2.24, 2.45) is 17.8 Å². The highest BCUT2D eigenvalue weighted by Gasteiger charge is 2.57. The fraction of sp³-hybridized carbons (Fsp3) is 0.611. The zero-order chi connectivity index (χ0) is 14.6. The van der Waals surface area contributed by atoms with Gasteiger partial charge in [0.15, 0.2) is 0 Å². The lowest BCUT2D eigenvalue weighted by atomic mass is 9.82. The Bertz CT molecular complexity index is 564. The monoisotopic (exact) mass is 285 g/mol. The standard InChI is InChI=1S/C18H23NO2/c1-19(10-11-8-13(20)9-11)18(21)17-15-7-6-12-4-2-3-5-14(12)16(15)17/h2-5,11,13,15-17,20H,6-10H2,1H3. The molecule has 0 spiro atoms. The molecule has 112 valence electrons. The molecule has 3 atom stereocenters. The lowest BCUT2D eigenvalue weighted by molar-refractivity contribution is -0.133. The minimum atomic E-state index is -0.131. The molecule has 21 heavy (non-hydrogen) atoms. The summed E-state index contributed by atoms with van der Waals surface area (Å²) in [5.41, 5.74) is 2.86. The molecule has 1 N–H and O–H groups in total. The number of aryl methyl sites for hydroxylation is 1. The normalized spacial score (nSPS) is 36.2. The van der Waals surface area contributed by atoms with Crippen molar-refractivity contribution in [1.82, 2.24) is 4.90 Å². The Labute approximate surface area is 126 Å². The summed E-state index contributed by atoms with van der Waals surface area (Å²) >= 11 is 0. The Morgan fingerprint density at radius 1 is 1.33 bits per heavy atom. The van der Waals surface area contributed by atoms with Gasteiger partial charge in [-0.25, -0.2) is 0 Å². The number of carbonyl (C=O) groups excluding carboxylic acids is 1. The summed E-state index contributed by atoms with van der Waals surface area (Å²) in [5.74, 6) is 2.08. The molecule has 1 aromatic carbocycles. The van der Waals surface area contributed by atoms with Gasteiger partial charge in [0.25, 0.3) is 0 Å². The zero-order valence-electron chi connectivity index (χ0n) is 12.5. The van der Waals surface area contributed by atoms with Crippen molar-refractivity contribution in [2.45, 2.75) is 37.7 Å². The number of rotatable bonds is 3. The first kappa shape index (κ1) is 13.3. The molecule has 2 fully saturated rings. The second kappa shape index (κ2) is 4.84. The molecule has 4 rings (SSSR count). The first-order valence-electron chi connectivity index (χ1n) is 8.16. The summed E-state index contributed by atoms with van der Waals surface area (Å²) in [6, 6.07) is 8.62. The van der Waals surface area contributed by atoms with E-state index in [2.05, 4.69) is 24.3 Å².